The molecule has 0 saturated carbocycles. The lowest BCUT2D eigenvalue weighted by molar-refractivity contribution is -0.896. The van der Waals surface area contributed by atoms with Crippen molar-refractivity contribution in [3.8, 4) is 0 Å². The van der Waals surface area contributed by atoms with Crippen molar-refractivity contribution in [3.63, 3.8) is 0 Å². The first-order chi connectivity index (χ1) is 13.6. The predicted octanol–water partition coefficient (Wildman–Crippen LogP) is 2.48. The van der Waals surface area contributed by atoms with Gasteiger partial charge >= 0.3 is 0 Å². The summed E-state index contributed by atoms with van der Waals surface area (Å²) < 4.78 is 0. The molecule has 0 unspecified atom stereocenters. The van der Waals surface area contributed by atoms with Gasteiger partial charge in [0.1, 0.15) is 5.76 Å². The van der Waals surface area contributed by atoms with Crippen LogP contribution in [0.3, 0.4) is 0 Å². The lowest BCUT2D eigenvalue weighted by Gasteiger charge is -2.25. The first-order valence-corrected chi connectivity index (χ1v) is 10.7. The second-order valence-corrected chi connectivity index (χ2v) is 7.91. The van der Waals surface area contributed by atoms with Crippen molar-refractivity contribution in [2.75, 3.05) is 26.2 Å². The largest absolute Gasteiger partial charge is 0.507 e. The summed E-state index contributed by atoms with van der Waals surface area (Å²) >= 11 is 1.50. The Morgan fingerprint density at radius 3 is 2.43 bits per heavy atom. The second-order valence-electron chi connectivity index (χ2n) is 6.93. The number of carbonyl (C=O) groups is 2. The number of rotatable bonds is 8. The zero-order valence-electron chi connectivity index (χ0n) is 16.4. The highest BCUT2D eigenvalue weighted by molar-refractivity contribution is 7.10. The van der Waals surface area contributed by atoms with Crippen LogP contribution >= 0.6 is 11.3 Å². The van der Waals surface area contributed by atoms with Crippen LogP contribution in [0.2, 0.25) is 0 Å². The number of hydrogen-bond donors (Lipinski definition) is 2. The van der Waals surface area contributed by atoms with E-state index in [1.165, 1.54) is 16.2 Å². The molecule has 0 spiro atoms. The summed E-state index contributed by atoms with van der Waals surface area (Å²) in [5.74, 6) is -1.23. The molecule has 0 radical (unpaired) electrons. The third-order valence-electron chi connectivity index (χ3n) is 5.33. The van der Waals surface area contributed by atoms with E-state index >= 15 is 0 Å². The van der Waals surface area contributed by atoms with Gasteiger partial charge in [0.25, 0.3) is 11.7 Å². The Labute approximate surface area is 169 Å². The quantitative estimate of drug-likeness (QED) is 0.407. The minimum Gasteiger partial charge on any atom is -0.507 e. The number of benzene rings is 1. The van der Waals surface area contributed by atoms with Crippen molar-refractivity contribution in [1.82, 2.24) is 4.90 Å². The van der Waals surface area contributed by atoms with E-state index in [1.54, 1.807) is 29.2 Å². The van der Waals surface area contributed by atoms with E-state index < -0.39 is 17.7 Å². The van der Waals surface area contributed by atoms with Crippen LogP contribution in [0.25, 0.3) is 5.76 Å². The fraction of sp³-hybridized carbons (Fsp3) is 0.364. The summed E-state index contributed by atoms with van der Waals surface area (Å²) in [5, 5.41) is 12.8. The summed E-state index contributed by atoms with van der Waals surface area (Å²) in [7, 11) is 0. The van der Waals surface area contributed by atoms with Crippen molar-refractivity contribution in [1.29, 1.82) is 0 Å². The summed E-state index contributed by atoms with van der Waals surface area (Å²) in [4.78, 5) is 29.6. The summed E-state index contributed by atoms with van der Waals surface area (Å²) in [6, 6.07) is 12.3. The number of carbonyl (C=O) groups excluding carboxylic acids is 2. The number of aliphatic hydroxyl groups excluding tert-OH is 1. The molecule has 1 aliphatic rings. The first-order valence-electron chi connectivity index (χ1n) is 9.79. The number of aliphatic hydroxyl groups is 1. The number of amides is 1. The maximum Gasteiger partial charge on any atom is 0.295 e. The van der Waals surface area contributed by atoms with Gasteiger partial charge in [0.15, 0.2) is 0 Å². The van der Waals surface area contributed by atoms with Crippen LogP contribution in [0.5, 0.6) is 0 Å². The Morgan fingerprint density at radius 2 is 1.82 bits per heavy atom. The SMILES string of the molecule is CC[NH+](CC)CCCN1C(=O)C(=O)C(=C(O)c2ccccc2)[C@H]1c1cccs1. The Balaban J connectivity index is 1.94. The van der Waals surface area contributed by atoms with E-state index in [0.29, 0.717) is 12.1 Å². The molecule has 1 fully saturated rings. The Kier molecular flexibility index (Phi) is 6.65. The van der Waals surface area contributed by atoms with Gasteiger partial charge in [-0.1, -0.05) is 36.4 Å². The molecule has 1 amide bonds. The van der Waals surface area contributed by atoms with E-state index in [1.807, 2.05) is 23.6 Å². The van der Waals surface area contributed by atoms with Crippen LogP contribution < -0.4 is 4.90 Å². The third-order valence-corrected chi connectivity index (χ3v) is 6.25. The highest BCUT2D eigenvalue weighted by atomic mass is 32.1. The number of thiophene rings is 1. The van der Waals surface area contributed by atoms with Gasteiger partial charge in [-0.15, -0.1) is 11.3 Å². The van der Waals surface area contributed by atoms with Crippen molar-refractivity contribution in [2.45, 2.75) is 26.3 Å². The van der Waals surface area contributed by atoms with Gasteiger partial charge in [-0.3, -0.25) is 9.59 Å². The van der Waals surface area contributed by atoms with Gasteiger partial charge in [0, 0.05) is 23.4 Å². The highest BCUT2D eigenvalue weighted by Crippen LogP contribution is 2.40. The van der Waals surface area contributed by atoms with E-state index in [-0.39, 0.29) is 11.3 Å². The smallest absolute Gasteiger partial charge is 0.295 e. The third kappa shape index (κ3) is 4.03. The lowest BCUT2D eigenvalue weighted by Crippen LogP contribution is -3.11. The van der Waals surface area contributed by atoms with Crippen LogP contribution in [-0.2, 0) is 9.59 Å². The molecule has 1 aromatic heterocycles. The minimum absolute atomic E-state index is 0.103. The number of nitrogens with zero attached hydrogens (tertiary/aromatic N) is 1. The molecule has 0 bridgehead atoms. The molecule has 1 atom stereocenters. The van der Waals surface area contributed by atoms with Crippen LogP contribution in [0.1, 0.15) is 36.8 Å². The number of ketones is 1. The van der Waals surface area contributed by atoms with Gasteiger partial charge in [-0.2, -0.15) is 0 Å². The number of likely N-dealkylation sites (tertiary alicyclic amines) is 1. The summed E-state index contributed by atoms with van der Waals surface area (Å²) in [5.41, 5.74) is 0.739. The van der Waals surface area contributed by atoms with E-state index in [0.717, 1.165) is 30.9 Å². The maximum absolute atomic E-state index is 12.8. The molecule has 6 heteroatoms. The van der Waals surface area contributed by atoms with E-state index in [9.17, 15) is 14.7 Å². The average Bonchev–Trinajstić information content (AvgIpc) is 3.33. The molecule has 1 aromatic carbocycles. The fourth-order valence-corrected chi connectivity index (χ4v) is 4.55. The zero-order chi connectivity index (χ0) is 20.1. The minimum atomic E-state index is -0.602. The number of hydrogen-bond acceptors (Lipinski definition) is 4. The fourth-order valence-electron chi connectivity index (χ4n) is 3.71. The van der Waals surface area contributed by atoms with Gasteiger partial charge in [-0.05, 0) is 25.3 Å². The number of quaternary nitrogens is 1. The molecule has 5 nitrogen and oxygen atoms in total. The molecule has 3 rings (SSSR count). The molecular weight excluding hydrogens is 372 g/mol. The van der Waals surface area contributed by atoms with Crippen LogP contribution in [0, 0.1) is 0 Å². The highest BCUT2D eigenvalue weighted by Gasteiger charge is 2.46. The van der Waals surface area contributed by atoms with Crippen molar-refractivity contribution >= 4 is 28.8 Å². The zero-order valence-corrected chi connectivity index (χ0v) is 17.2. The monoisotopic (exact) mass is 399 g/mol. The second kappa shape index (κ2) is 9.17. The molecule has 1 aliphatic heterocycles. The number of Topliss-reactive ketones (excluding diaryl/α,β-unsaturated/α-hetero) is 1. The Hall–Kier alpha value is -2.44. The van der Waals surface area contributed by atoms with Crippen molar-refractivity contribution < 1.29 is 19.6 Å². The molecule has 148 valence electrons. The van der Waals surface area contributed by atoms with E-state index in [2.05, 4.69) is 13.8 Å². The normalized spacial score (nSPS) is 19.0. The topological polar surface area (TPSA) is 62.0 Å². The lowest BCUT2D eigenvalue weighted by atomic mass is 10.00. The average molecular weight is 400 g/mol. The maximum atomic E-state index is 12.8. The van der Waals surface area contributed by atoms with Crippen molar-refractivity contribution in [2.24, 2.45) is 0 Å². The summed E-state index contributed by atoms with van der Waals surface area (Å²) in [6.07, 6.45) is 0.817. The summed E-state index contributed by atoms with van der Waals surface area (Å²) in [6.45, 7) is 7.83. The van der Waals surface area contributed by atoms with Gasteiger partial charge in [0.05, 0.1) is 31.2 Å². The molecular formula is C22H27N2O3S+. The predicted molar refractivity (Wildman–Crippen MR) is 111 cm³/mol. The van der Waals surface area contributed by atoms with Gasteiger partial charge in [-0.25, -0.2) is 0 Å². The van der Waals surface area contributed by atoms with Crippen molar-refractivity contribution in [3.05, 3.63) is 63.9 Å². The van der Waals surface area contributed by atoms with Crippen LogP contribution in [0.4, 0.5) is 0 Å². The van der Waals surface area contributed by atoms with Crippen LogP contribution in [0.15, 0.2) is 53.4 Å². The molecule has 2 aromatic rings. The van der Waals surface area contributed by atoms with E-state index in [4.69, 9.17) is 0 Å². The Morgan fingerprint density at radius 1 is 1.11 bits per heavy atom. The molecule has 2 N–H and O–H groups in total. The molecule has 28 heavy (non-hydrogen) atoms. The van der Waals surface area contributed by atoms with Gasteiger partial charge in [0.2, 0.25) is 0 Å². The Bertz CT molecular complexity index is 842. The molecule has 1 saturated heterocycles. The van der Waals surface area contributed by atoms with Gasteiger partial charge < -0.3 is 14.9 Å². The molecule has 0 aliphatic carbocycles. The standard InChI is InChI=1S/C22H26N2O3S/c1-3-23(4-2)13-9-14-24-19(17-12-8-15-28-17)18(21(26)22(24)27)20(25)16-10-6-5-7-11-16/h5-8,10-12,15,19,25H,3-4,9,13-14H2,1-2H3/p+1/t19-/m1/s1. The van der Waals surface area contributed by atoms with Crippen LogP contribution in [-0.4, -0.2) is 47.9 Å². The number of nitrogens with one attached hydrogen (secondary N) is 1. The molecule has 2 heterocycles. The first kappa shape index (κ1) is 20.3.